The van der Waals surface area contributed by atoms with Crippen LogP contribution in [0.4, 0.5) is 5.69 Å². The zero-order valence-electron chi connectivity index (χ0n) is 16.0. The fraction of sp³-hybridized carbons (Fsp3) is 0.300. The lowest BCUT2D eigenvalue weighted by Gasteiger charge is -2.18. The summed E-state index contributed by atoms with van der Waals surface area (Å²) in [6.07, 6.45) is 2.55. The monoisotopic (exact) mass is 400 g/mol. The number of carbonyl (C=O) groups excluding carboxylic acids is 1. The van der Waals surface area contributed by atoms with Crippen LogP contribution in [-0.4, -0.2) is 41.9 Å². The number of aromatic amines is 1. The van der Waals surface area contributed by atoms with E-state index < -0.39 is 10.0 Å². The van der Waals surface area contributed by atoms with Crippen molar-refractivity contribution in [3.63, 3.8) is 0 Å². The summed E-state index contributed by atoms with van der Waals surface area (Å²) in [6, 6.07) is 12.3. The Hall–Kier alpha value is -2.71. The van der Waals surface area contributed by atoms with Crippen LogP contribution in [0, 0.1) is 0 Å². The number of benzene rings is 2. The average Bonchev–Trinajstić information content (AvgIpc) is 3.15. The van der Waals surface area contributed by atoms with Gasteiger partial charge in [0.25, 0.3) is 0 Å². The highest BCUT2D eigenvalue weighted by Crippen LogP contribution is 2.18. The molecule has 0 fully saturated rings. The van der Waals surface area contributed by atoms with E-state index in [4.69, 9.17) is 0 Å². The second-order valence-corrected chi connectivity index (χ2v) is 8.39. The molecular formula is C20H24N4O3S. The molecular weight excluding hydrogens is 376 g/mol. The Labute approximate surface area is 164 Å². The standard InChI is InChI=1S/C20H24N4O3S/c1-3-24(4-2)28(26,27)18-9-5-15(6-10-18)7-12-20(25)22-17-8-11-19-16(13-17)14-21-23-19/h5-6,8-11,13-14H,3-4,7,12H2,1-2H3,(H,21,23)(H,22,25). The van der Waals surface area contributed by atoms with Crippen molar-refractivity contribution < 1.29 is 13.2 Å². The van der Waals surface area contributed by atoms with E-state index in [2.05, 4.69) is 15.5 Å². The fourth-order valence-electron chi connectivity index (χ4n) is 3.04. The predicted octanol–water partition coefficient (Wildman–Crippen LogP) is 3.16. The fourth-order valence-corrected chi connectivity index (χ4v) is 4.50. The van der Waals surface area contributed by atoms with Crippen LogP contribution < -0.4 is 5.32 Å². The van der Waals surface area contributed by atoms with Gasteiger partial charge in [0.2, 0.25) is 15.9 Å². The van der Waals surface area contributed by atoms with Gasteiger partial charge in [0.1, 0.15) is 0 Å². The Kier molecular flexibility index (Phi) is 6.11. The van der Waals surface area contributed by atoms with E-state index in [0.29, 0.717) is 25.9 Å². The van der Waals surface area contributed by atoms with Gasteiger partial charge < -0.3 is 5.32 Å². The molecule has 1 aromatic heterocycles. The molecule has 3 rings (SSSR count). The Bertz CT molecular complexity index is 1050. The van der Waals surface area contributed by atoms with Crippen molar-refractivity contribution in [2.45, 2.75) is 31.6 Å². The number of amides is 1. The molecule has 2 N–H and O–H groups in total. The van der Waals surface area contributed by atoms with Crippen LogP contribution in [0.15, 0.2) is 53.6 Å². The highest BCUT2D eigenvalue weighted by molar-refractivity contribution is 7.89. The van der Waals surface area contributed by atoms with Gasteiger partial charge in [0.05, 0.1) is 16.6 Å². The minimum atomic E-state index is -3.46. The van der Waals surface area contributed by atoms with E-state index in [9.17, 15) is 13.2 Å². The maximum absolute atomic E-state index is 12.5. The quantitative estimate of drug-likeness (QED) is 0.607. The molecule has 0 bridgehead atoms. The van der Waals surface area contributed by atoms with Gasteiger partial charge >= 0.3 is 0 Å². The summed E-state index contributed by atoms with van der Waals surface area (Å²) >= 11 is 0. The molecule has 7 nitrogen and oxygen atoms in total. The predicted molar refractivity (Wildman–Crippen MR) is 110 cm³/mol. The highest BCUT2D eigenvalue weighted by atomic mass is 32.2. The lowest BCUT2D eigenvalue weighted by atomic mass is 10.1. The molecule has 0 aliphatic carbocycles. The molecule has 0 saturated heterocycles. The molecule has 0 aliphatic heterocycles. The summed E-state index contributed by atoms with van der Waals surface area (Å²) in [5, 5.41) is 10.6. The number of H-pyrrole nitrogens is 1. The summed E-state index contributed by atoms with van der Waals surface area (Å²) in [6.45, 7) is 4.51. The zero-order valence-corrected chi connectivity index (χ0v) is 16.8. The van der Waals surface area contributed by atoms with Crippen molar-refractivity contribution in [1.29, 1.82) is 0 Å². The first-order chi connectivity index (χ1) is 13.4. The molecule has 0 unspecified atom stereocenters. The maximum Gasteiger partial charge on any atom is 0.243 e. The first-order valence-electron chi connectivity index (χ1n) is 9.26. The molecule has 0 atom stereocenters. The summed E-state index contributed by atoms with van der Waals surface area (Å²) < 4.78 is 26.4. The number of sulfonamides is 1. The third-order valence-corrected chi connectivity index (χ3v) is 6.70. The van der Waals surface area contributed by atoms with E-state index >= 15 is 0 Å². The number of nitrogens with zero attached hydrogens (tertiary/aromatic N) is 2. The normalized spacial score (nSPS) is 11.8. The highest BCUT2D eigenvalue weighted by Gasteiger charge is 2.21. The number of nitrogens with one attached hydrogen (secondary N) is 2. The van der Waals surface area contributed by atoms with Gasteiger partial charge in [-0.25, -0.2) is 8.42 Å². The number of carbonyl (C=O) groups is 1. The van der Waals surface area contributed by atoms with Gasteiger partial charge in [-0.15, -0.1) is 0 Å². The number of aryl methyl sites for hydroxylation is 1. The number of fused-ring (bicyclic) bond motifs is 1. The molecule has 0 spiro atoms. The van der Waals surface area contributed by atoms with E-state index in [1.54, 1.807) is 30.5 Å². The second-order valence-electron chi connectivity index (χ2n) is 6.45. The first-order valence-corrected chi connectivity index (χ1v) is 10.7. The van der Waals surface area contributed by atoms with Crippen molar-refractivity contribution in [3.05, 3.63) is 54.2 Å². The maximum atomic E-state index is 12.5. The molecule has 8 heteroatoms. The van der Waals surface area contributed by atoms with Crippen LogP contribution in [-0.2, 0) is 21.2 Å². The lowest BCUT2D eigenvalue weighted by molar-refractivity contribution is -0.116. The Balaban J connectivity index is 1.59. The van der Waals surface area contributed by atoms with Crippen LogP contribution >= 0.6 is 0 Å². The van der Waals surface area contributed by atoms with Crippen molar-refractivity contribution in [3.8, 4) is 0 Å². The molecule has 0 aliphatic rings. The van der Waals surface area contributed by atoms with E-state index in [1.165, 1.54) is 4.31 Å². The van der Waals surface area contributed by atoms with E-state index in [0.717, 1.165) is 22.2 Å². The second kappa shape index (κ2) is 8.53. The lowest BCUT2D eigenvalue weighted by Crippen LogP contribution is -2.30. The zero-order chi connectivity index (χ0) is 20.1. The number of rotatable bonds is 8. The molecule has 28 heavy (non-hydrogen) atoms. The van der Waals surface area contributed by atoms with Gasteiger partial charge in [0.15, 0.2) is 0 Å². The minimum absolute atomic E-state index is 0.0947. The van der Waals surface area contributed by atoms with Gasteiger partial charge in [-0.05, 0) is 42.3 Å². The van der Waals surface area contributed by atoms with Crippen molar-refractivity contribution in [1.82, 2.24) is 14.5 Å². The van der Waals surface area contributed by atoms with Gasteiger partial charge in [-0.3, -0.25) is 9.89 Å². The number of hydrogen-bond acceptors (Lipinski definition) is 4. The van der Waals surface area contributed by atoms with Crippen molar-refractivity contribution in [2.24, 2.45) is 0 Å². The molecule has 1 amide bonds. The van der Waals surface area contributed by atoms with Crippen LogP contribution in [0.25, 0.3) is 10.9 Å². The smallest absolute Gasteiger partial charge is 0.243 e. The Morgan fingerprint density at radius 2 is 1.82 bits per heavy atom. The third kappa shape index (κ3) is 4.40. The Morgan fingerprint density at radius 3 is 2.50 bits per heavy atom. The summed E-state index contributed by atoms with van der Waals surface area (Å²) in [4.78, 5) is 12.5. The van der Waals surface area contributed by atoms with E-state index in [-0.39, 0.29) is 10.8 Å². The van der Waals surface area contributed by atoms with Crippen LogP contribution in [0.1, 0.15) is 25.8 Å². The molecule has 3 aromatic rings. The number of hydrogen-bond donors (Lipinski definition) is 2. The molecule has 0 radical (unpaired) electrons. The summed E-state index contributed by atoms with van der Waals surface area (Å²) in [5.74, 6) is -0.0947. The number of aromatic nitrogens is 2. The number of anilines is 1. The van der Waals surface area contributed by atoms with Crippen LogP contribution in [0.3, 0.4) is 0 Å². The topological polar surface area (TPSA) is 95.2 Å². The van der Waals surface area contributed by atoms with Crippen molar-refractivity contribution >= 4 is 32.5 Å². The third-order valence-electron chi connectivity index (χ3n) is 4.63. The first kappa shape index (κ1) is 20.0. The van der Waals surface area contributed by atoms with Gasteiger partial charge in [0, 0.05) is 30.6 Å². The van der Waals surface area contributed by atoms with E-state index in [1.807, 2.05) is 32.0 Å². The van der Waals surface area contributed by atoms with Gasteiger partial charge in [-0.2, -0.15) is 9.40 Å². The summed E-state index contributed by atoms with van der Waals surface area (Å²) in [5.41, 5.74) is 2.55. The molecule has 0 saturated carbocycles. The Morgan fingerprint density at radius 1 is 1.11 bits per heavy atom. The van der Waals surface area contributed by atoms with Crippen LogP contribution in [0.5, 0.6) is 0 Å². The average molecular weight is 401 g/mol. The van der Waals surface area contributed by atoms with Crippen LogP contribution in [0.2, 0.25) is 0 Å². The molecule has 1 heterocycles. The SMILES string of the molecule is CCN(CC)S(=O)(=O)c1ccc(CCC(=O)Nc2ccc3[nH]ncc3c2)cc1. The molecule has 148 valence electrons. The largest absolute Gasteiger partial charge is 0.326 e. The van der Waals surface area contributed by atoms with Gasteiger partial charge in [-0.1, -0.05) is 26.0 Å². The minimum Gasteiger partial charge on any atom is -0.326 e. The summed E-state index contributed by atoms with van der Waals surface area (Å²) in [7, 11) is -3.46. The van der Waals surface area contributed by atoms with Crippen molar-refractivity contribution in [2.75, 3.05) is 18.4 Å². The molecule has 2 aromatic carbocycles.